The maximum absolute atomic E-state index is 5.52. The second-order valence-corrected chi connectivity index (χ2v) is 5.29. The molecule has 1 aromatic rings. The van der Waals surface area contributed by atoms with Crippen molar-refractivity contribution in [3.05, 3.63) is 12.4 Å². The second kappa shape index (κ2) is 6.70. The number of nitrogens with one attached hydrogen (secondary N) is 1. The first kappa shape index (κ1) is 14.1. The third kappa shape index (κ3) is 4.06. The zero-order chi connectivity index (χ0) is 13.7. The molecule has 2 unspecified atom stereocenters. The van der Waals surface area contributed by atoms with Crippen molar-refractivity contribution in [3.63, 3.8) is 0 Å². The maximum atomic E-state index is 5.52. The van der Waals surface area contributed by atoms with Crippen molar-refractivity contribution in [3.8, 4) is 5.88 Å². The Hall–Kier alpha value is -1.36. The normalized spacial score (nSPS) is 24.2. The van der Waals surface area contributed by atoms with Gasteiger partial charge in [0, 0.05) is 24.7 Å². The molecule has 2 atom stereocenters. The van der Waals surface area contributed by atoms with Crippen molar-refractivity contribution in [2.24, 2.45) is 0 Å². The van der Waals surface area contributed by atoms with Crippen LogP contribution in [0.3, 0.4) is 0 Å². The lowest BCUT2D eigenvalue weighted by molar-refractivity contribution is 0.190. The van der Waals surface area contributed by atoms with E-state index in [0.717, 1.165) is 31.6 Å². The third-order valence-electron chi connectivity index (χ3n) is 3.66. The van der Waals surface area contributed by atoms with Crippen molar-refractivity contribution in [2.45, 2.75) is 45.2 Å². The Morgan fingerprint density at radius 2 is 2.32 bits per heavy atom. The van der Waals surface area contributed by atoms with Gasteiger partial charge in [0.2, 0.25) is 5.88 Å². The second-order valence-electron chi connectivity index (χ2n) is 5.29. The van der Waals surface area contributed by atoms with Gasteiger partial charge in [-0.3, -0.25) is 0 Å². The average Bonchev–Trinajstić information content (AvgIpc) is 2.41. The highest BCUT2D eigenvalue weighted by Gasteiger charge is 2.22. The van der Waals surface area contributed by atoms with Crippen LogP contribution in [0.25, 0.3) is 0 Å². The fraction of sp³-hybridized carbons (Fsp3) is 0.714. The van der Waals surface area contributed by atoms with Crippen LogP contribution in [0.1, 0.15) is 33.1 Å². The van der Waals surface area contributed by atoms with Gasteiger partial charge in [-0.25, -0.2) is 9.97 Å². The highest BCUT2D eigenvalue weighted by molar-refractivity contribution is 5.38. The summed E-state index contributed by atoms with van der Waals surface area (Å²) in [5, 5.41) is 3.49. The molecule has 5 heteroatoms. The van der Waals surface area contributed by atoms with Gasteiger partial charge in [-0.15, -0.1) is 0 Å². The quantitative estimate of drug-likeness (QED) is 0.883. The maximum Gasteiger partial charge on any atom is 0.218 e. The first-order valence-electron chi connectivity index (χ1n) is 7.10. The first-order valence-corrected chi connectivity index (χ1v) is 7.10. The van der Waals surface area contributed by atoms with Crippen LogP contribution in [-0.2, 0) is 0 Å². The Morgan fingerprint density at radius 1 is 1.47 bits per heavy atom. The molecule has 1 aliphatic heterocycles. The van der Waals surface area contributed by atoms with Gasteiger partial charge >= 0.3 is 0 Å². The molecule has 2 heterocycles. The number of rotatable bonds is 5. The minimum Gasteiger partial charge on any atom is -0.478 e. The van der Waals surface area contributed by atoms with Crippen LogP contribution in [0.4, 0.5) is 5.82 Å². The third-order valence-corrected chi connectivity index (χ3v) is 3.66. The van der Waals surface area contributed by atoms with Crippen molar-refractivity contribution in [2.75, 3.05) is 25.5 Å². The molecule has 106 valence electrons. The number of nitrogens with zero attached hydrogens (tertiary/aromatic N) is 3. The van der Waals surface area contributed by atoms with Crippen molar-refractivity contribution < 1.29 is 4.74 Å². The lowest BCUT2D eigenvalue weighted by Gasteiger charge is -2.35. The smallest absolute Gasteiger partial charge is 0.218 e. The highest BCUT2D eigenvalue weighted by atomic mass is 16.5. The molecule has 0 spiro atoms. The van der Waals surface area contributed by atoms with E-state index in [1.807, 2.05) is 6.07 Å². The Labute approximate surface area is 115 Å². The van der Waals surface area contributed by atoms with E-state index < -0.39 is 0 Å². The summed E-state index contributed by atoms with van der Waals surface area (Å²) >= 11 is 0. The lowest BCUT2D eigenvalue weighted by atomic mass is 9.99. The van der Waals surface area contributed by atoms with Gasteiger partial charge in [-0.2, -0.15) is 0 Å². The molecule has 0 amide bonds. The molecule has 0 bridgehead atoms. The van der Waals surface area contributed by atoms with E-state index in [4.69, 9.17) is 4.74 Å². The lowest BCUT2D eigenvalue weighted by Crippen LogP contribution is -2.42. The molecule has 0 aliphatic carbocycles. The van der Waals surface area contributed by atoms with Gasteiger partial charge in [0.05, 0.1) is 6.61 Å². The van der Waals surface area contributed by atoms with Crippen LogP contribution in [0, 0.1) is 0 Å². The number of anilines is 1. The Kier molecular flexibility index (Phi) is 4.96. The molecule has 1 N–H and O–H groups in total. The largest absolute Gasteiger partial charge is 0.478 e. The molecule has 5 nitrogen and oxygen atoms in total. The van der Waals surface area contributed by atoms with E-state index in [9.17, 15) is 0 Å². The van der Waals surface area contributed by atoms with E-state index in [2.05, 4.69) is 41.1 Å². The van der Waals surface area contributed by atoms with E-state index in [0.29, 0.717) is 24.6 Å². The van der Waals surface area contributed by atoms with Gasteiger partial charge in [0.25, 0.3) is 0 Å². The van der Waals surface area contributed by atoms with E-state index >= 15 is 0 Å². The molecular formula is C14H24N4O. The predicted molar refractivity (Wildman–Crippen MR) is 76.6 cm³/mol. The fourth-order valence-electron chi connectivity index (χ4n) is 2.33. The highest BCUT2D eigenvalue weighted by Crippen LogP contribution is 2.20. The number of ether oxygens (including phenoxy) is 1. The number of hydrogen-bond acceptors (Lipinski definition) is 5. The summed E-state index contributed by atoms with van der Waals surface area (Å²) in [4.78, 5) is 10.8. The summed E-state index contributed by atoms with van der Waals surface area (Å²) in [5.74, 6) is 1.52. The molecule has 2 rings (SSSR count). The van der Waals surface area contributed by atoms with E-state index in [-0.39, 0.29) is 0 Å². The molecule has 0 aromatic carbocycles. The van der Waals surface area contributed by atoms with Crippen LogP contribution < -0.4 is 10.1 Å². The minimum absolute atomic E-state index is 0.486. The molecule has 19 heavy (non-hydrogen) atoms. The van der Waals surface area contributed by atoms with Crippen LogP contribution in [-0.4, -0.2) is 47.2 Å². The van der Waals surface area contributed by atoms with Crippen molar-refractivity contribution in [1.29, 1.82) is 0 Å². The summed E-state index contributed by atoms with van der Waals surface area (Å²) in [5.41, 5.74) is 0. The zero-order valence-electron chi connectivity index (χ0n) is 12.1. The topological polar surface area (TPSA) is 50.3 Å². The number of aromatic nitrogens is 2. The van der Waals surface area contributed by atoms with E-state index in [1.165, 1.54) is 0 Å². The Bertz CT molecular complexity index is 399. The molecule has 1 saturated heterocycles. The van der Waals surface area contributed by atoms with Crippen LogP contribution in [0.5, 0.6) is 5.88 Å². The Morgan fingerprint density at radius 3 is 3.05 bits per heavy atom. The van der Waals surface area contributed by atoms with Crippen LogP contribution >= 0.6 is 0 Å². The SMILES string of the molecule is CCCOc1cc(NC2CCN(C)C(C)C2)ncn1. The standard InChI is InChI=1S/C14H24N4O/c1-4-7-19-14-9-13(15-10-16-14)17-12-5-6-18(3)11(2)8-12/h9-12H,4-8H2,1-3H3,(H,15,16,17). The van der Waals surface area contributed by atoms with Crippen molar-refractivity contribution >= 4 is 5.82 Å². The molecule has 1 aromatic heterocycles. The summed E-state index contributed by atoms with van der Waals surface area (Å²) < 4.78 is 5.52. The van der Waals surface area contributed by atoms with Gasteiger partial charge in [-0.05, 0) is 33.2 Å². The summed E-state index contributed by atoms with van der Waals surface area (Å²) in [6.07, 6.45) is 4.84. The van der Waals surface area contributed by atoms with Gasteiger partial charge < -0.3 is 15.0 Å². The zero-order valence-corrected chi connectivity index (χ0v) is 12.1. The van der Waals surface area contributed by atoms with Crippen LogP contribution in [0.15, 0.2) is 12.4 Å². The minimum atomic E-state index is 0.486. The molecule has 0 radical (unpaired) electrons. The van der Waals surface area contributed by atoms with Gasteiger partial charge in [-0.1, -0.05) is 6.92 Å². The molecule has 1 fully saturated rings. The number of piperidine rings is 1. The summed E-state index contributed by atoms with van der Waals surface area (Å²) in [7, 11) is 2.18. The average molecular weight is 264 g/mol. The molecule has 1 aliphatic rings. The number of hydrogen-bond donors (Lipinski definition) is 1. The summed E-state index contributed by atoms with van der Waals surface area (Å²) in [6.45, 7) is 6.18. The predicted octanol–water partition coefficient (Wildman–Crippen LogP) is 2.16. The summed E-state index contributed by atoms with van der Waals surface area (Å²) in [6, 6.07) is 2.99. The molecular weight excluding hydrogens is 240 g/mol. The monoisotopic (exact) mass is 264 g/mol. The fourth-order valence-corrected chi connectivity index (χ4v) is 2.33. The van der Waals surface area contributed by atoms with Crippen LogP contribution in [0.2, 0.25) is 0 Å². The van der Waals surface area contributed by atoms with Gasteiger partial charge in [0.1, 0.15) is 12.1 Å². The van der Waals surface area contributed by atoms with E-state index in [1.54, 1.807) is 6.33 Å². The molecule has 0 saturated carbocycles. The van der Waals surface area contributed by atoms with Gasteiger partial charge in [0.15, 0.2) is 0 Å². The van der Waals surface area contributed by atoms with Crippen molar-refractivity contribution in [1.82, 2.24) is 14.9 Å². The Balaban J connectivity index is 1.91. The first-order chi connectivity index (χ1) is 9.19. The number of likely N-dealkylation sites (tertiary alicyclic amines) is 1.